The van der Waals surface area contributed by atoms with Gasteiger partial charge in [-0.1, -0.05) is 23.4 Å². The predicted octanol–water partition coefficient (Wildman–Crippen LogP) is 1.28. The van der Waals surface area contributed by atoms with Crippen molar-refractivity contribution in [2.45, 2.75) is 31.9 Å². The Kier molecular flexibility index (Phi) is 4.76. The van der Waals surface area contributed by atoms with Crippen molar-refractivity contribution in [3.8, 4) is 0 Å². The van der Waals surface area contributed by atoms with Gasteiger partial charge in [0, 0.05) is 0 Å². The van der Waals surface area contributed by atoms with Crippen LogP contribution in [0.15, 0.2) is 35.5 Å². The van der Waals surface area contributed by atoms with E-state index in [2.05, 4.69) is 10.6 Å². The van der Waals surface area contributed by atoms with Crippen molar-refractivity contribution in [3.63, 3.8) is 0 Å². The lowest BCUT2D eigenvalue weighted by Crippen LogP contribution is -2.63. The lowest BCUT2D eigenvalue weighted by Gasteiger charge is -2.35. The first kappa shape index (κ1) is 17.7. The van der Waals surface area contributed by atoms with Crippen molar-refractivity contribution in [2.75, 3.05) is 12.1 Å². The molecule has 0 aromatic heterocycles. The Morgan fingerprint density at radius 3 is 2.50 bits per heavy atom. The summed E-state index contributed by atoms with van der Waals surface area (Å²) in [7, 11) is 1.33. The van der Waals surface area contributed by atoms with Gasteiger partial charge >= 0.3 is 6.09 Å². The summed E-state index contributed by atoms with van der Waals surface area (Å²) in [6, 6.07) is 8.87. The number of para-hydroxylation sites is 1. The molecule has 1 aromatic rings. The number of oxime groups is 1. The van der Waals surface area contributed by atoms with Gasteiger partial charge < -0.3 is 9.94 Å². The summed E-state index contributed by atoms with van der Waals surface area (Å²) in [5.74, 6) is -0.522. The van der Waals surface area contributed by atoms with Gasteiger partial charge in [-0.25, -0.2) is 20.1 Å². The number of hydrogen-bond acceptors (Lipinski definition) is 6. The predicted molar refractivity (Wildman–Crippen MR) is 86.2 cm³/mol. The number of carboxylic acid groups (broad SMARTS) is 1. The van der Waals surface area contributed by atoms with Crippen LogP contribution in [0, 0.1) is 0 Å². The first-order valence-electron chi connectivity index (χ1n) is 7.19. The van der Waals surface area contributed by atoms with Crippen LogP contribution in [0.25, 0.3) is 0 Å². The van der Waals surface area contributed by atoms with Crippen LogP contribution < -0.4 is 15.9 Å². The number of carbonyl (C=O) groups excluding carboxylic acids is 1. The Morgan fingerprint density at radius 2 is 1.96 bits per heavy atom. The number of nitrogens with zero attached hydrogens (tertiary/aromatic N) is 2. The molecule has 1 fully saturated rings. The van der Waals surface area contributed by atoms with Gasteiger partial charge in [-0.15, -0.1) is 0 Å². The highest BCUT2D eigenvalue weighted by atomic mass is 16.7. The van der Waals surface area contributed by atoms with Crippen LogP contribution in [0.5, 0.6) is 0 Å². The lowest BCUT2D eigenvalue weighted by atomic mass is 9.80. The molecule has 1 aliphatic heterocycles. The lowest BCUT2D eigenvalue weighted by molar-refractivity contribution is -0.143. The summed E-state index contributed by atoms with van der Waals surface area (Å²) in [4.78, 5) is 34.1. The standard InChI is InChI=1S/C15H20N4O5/c1-10(16-23-4)15(24-17-13(21)22)12(20)19(18-14(15,2)3)11-8-6-5-7-9-11/h5-9,17-18H,1-4H3,(H,21,22). The Balaban J connectivity index is 2.53. The fourth-order valence-corrected chi connectivity index (χ4v) is 2.77. The summed E-state index contributed by atoms with van der Waals surface area (Å²) < 4.78 is 0. The van der Waals surface area contributed by atoms with Crippen LogP contribution in [0.3, 0.4) is 0 Å². The second-order valence-corrected chi connectivity index (χ2v) is 5.76. The second kappa shape index (κ2) is 6.46. The van der Waals surface area contributed by atoms with Gasteiger partial charge in [0.25, 0.3) is 5.91 Å². The smallest absolute Gasteiger partial charge is 0.428 e. The first-order chi connectivity index (χ1) is 11.3. The van der Waals surface area contributed by atoms with E-state index < -0.39 is 23.1 Å². The fourth-order valence-electron chi connectivity index (χ4n) is 2.77. The van der Waals surface area contributed by atoms with Crippen molar-refractivity contribution in [1.29, 1.82) is 0 Å². The van der Waals surface area contributed by atoms with E-state index in [1.807, 2.05) is 11.5 Å². The molecule has 1 aromatic carbocycles. The Labute approximate surface area is 139 Å². The number of rotatable bonds is 5. The molecule has 24 heavy (non-hydrogen) atoms. The van der Waals surface area contributed by atoms with Crippen molar-refractivity contribution >= 4 is 23.4 Å². The minimum Gasteiger partial charge on any atom is -0.464 e. The van der Waals surface area contributed by atoms with Gasteiger partial charge in [-0.2, -0.15) is 5.48 Å². The molecule has 1 aliphatic rings. The van der Waals surface area contributed by atoms with Gasteiger partial charge in [-0.3, -0.25) is 4.79 Å². The van der Waals surface area contributed by atoms with Crippen LogP contribution in [-0.4, -0.2) is 41.1 Å². The quantitative estimate of drug-likeness (QED) is 0.551. The van der Waals surface area contributed by atoms with Crippen LogP contribution >= 0.6 is 0 Å². The molecule has 2 rings (SSSR count). The summed E-state index contributed by atoms with van der Waals surface area (Å²) >= 11 is 0. The number of amides is 2. The summed E-state index contributed by atoms with van der Waals surface area (Å²) in [6.07, 6.45) is -1.43. The topological polar surface area (TPSA) is 112 Å². The monoisotopic (exact) mass is 336 g/mol. The molecule has 9 heteroatoms. The maximum absolute atomic E-state index is 13.1. The Bertz CT molecular complexity index is 661. The summed E-state index contributed by atoms with van der Waals surface area (Å²) in [5.41, 5.74) is 2.86. The van der Waals surface area contributed by atoms with Gasteiger partial charge in [-0.05, 0) is 32.9 Å². The van der Waals surface area contributed by atoms with Crippen molar-refractivity contribution < 1.29 is 24.4 Å². The van der Waals surface area contributed by atoms with E-state index >= 15 is 0 Å². The molecule has 0 saturated carbocycles. The number of benzene rings is 1. The molecule has 9 nitrogen and oxygen atoms in total. The second-order valence-electron chi connectivity index (χ2n) is 5.76. The average Bonchev–Trinajstić information content (AvgIpc) is 2.74. The number of hydrazine groups is 1. The number of hydroxylamine groups is 1. The molecule has 1 unspecified atom stereocenters. The van der Waals surface area contributed by atoms with Crippen LogP contribution in [0.2, 0.25) is 0 Å². The molecular formula is C15H20N4O5. The molecule has 0 aliphatic carbocycles. The number of nitrogens with one attached hydrogen (secondary N) is 2. The zero-order valence-electron chi connectivity index (χ0n) is 13.9. The van der Waals surface area contributed by atoms with E-state index in [1.54, 1.807) is 38.1 Å². The van der Waals surface area contributed by atoms with E-state index in [0.717, 1.165) is 0 Å². The minimum atomic E-state index is -1.72. The van der Waals surface area contributed by atoms with Crippen LogP contribution in [0.4, 0.5) is 10.5 Å². The third-order valence-electron chi connectivity index (χ3n) is 3.82. The van der Waals surface area contributed by atoms with Crippen LogP contribution in [0.1, 0.15) is 20.8 Å². The third kappa shape index (κ3) is 2.79. The Morgan fingerprint density at radius 1 is 1.33 bits per heavy atom. The van der Waals surface area contributed by atoms with Crippen molar-refractivity contribution in [1.82, 2.24) is 10.9 Å². The number of anilines is 1. The molecule has 0 bridgehead atoms. The van der Waals surface area contributed by atoms with Crippen molar-refractivity contribution in [2.24, 2.45) is 5.16 Å². The molecule has 1 saturated heterocycles. The first-order valence-corrected chi connectivity index (χ1v) is 7.19. The highest BCUT2D eigenvalue weighted by Gasteiger charge is 2.64. The SMILES string of the molecule is CON=C(C)C1(ONC(=O)O)C(=O)N(c2ccccc2)NC1(C)C. The highest BCUT2D eigenvalue weighted by molar-refractivity contribution is 6.19. The maximum atomic E-state index is 13.1. The third-order valence-corrected chi connectivity index (χ3v) is 3.82. The van der Waals surface area contributed by atoms with Crippen molar-refractivity contribution in [3.05, 3.63) is 30.3 Å². The minimum absolute atomic E-state index is 0.166. The van der Waals surface area contributed by atoms with Gasteiger partial charge in [0.15, 0.2) is 0 Å². The number of carbonyl (C=O) groups is 2. The average molecular weight is 336 g/mol. The molecule has 0 radical (unpaired) electrons. The van der Waals surface area contributed by atoms with Crippen LogP contribution in [-0.2, 0) is 14.5 Å². The summed E-state index contributed by atoms with van der Waals surface area (Å²) in [6.45, 7) is 4.93. The van der Waals surface area contributed by atoms with E-state index in [9.17, 15) is 9.59 Å². The van der Waals surface area contributed by atoms with E-state index in [0.29, 0.717) is 5.69 Å². The fraction of sp³-hybridized carbons (Fsp3) is 0.400. The molecule has 2 amide bonds. The molecule has 3 N–H and O–H groups in total. The Hall–Kier alpha value is -2.65. The normalized spacial score (nSPS) is 23.2. The molecule has 130 valence electrons. The molecule has 1 heterocycles. The number of hydrogen-bond donors (Lipinski definition) is 3. The van der Waals surface area contributed by atoms with Gasteiger partial charge in [0.2, 0.25) is 5.60 Å². The highest BCUT2D eigenvalue weighted by Crippen LogP contribution is 2.37. The van der Waals surface area contributed by atoms with Gasteiger partial charge in [0.1, 0.15) is 12.8 Å². The molecule has 0 spiro atoms. The molecular weight excluding hydrogens is 316 g/mol. The maximum Gasteiger partial charge on any atom is 0.428 e. The van der Waals surface area contributed by atoms with Gasteiger partial charge in [0.05, 0.1) is 11.2 Å². The zero-order chi connectivity index (χ0) is 18.0. The zero-order valence-corrected chi connectivity index (χ0v) is 13.9. The molecule has 1 atom stereocenters. The largest absolute Gasteiger partial charge is 0.464 e. The van der Waals surface area contributed by atoms with E-state index in [1.165, 1.54) is 19.0 Å². The van der Waals surface area contributed by atoms with E-state index in [-0.39, 0.29) is 5.71 Å². The summed E-state index contributed by atoms with van der Waals surface area (Å²) in [5, 5.41) is 14.0. The van der Waals surface area contributed by atoms with E-state index in [4.69, 9.17) is 14.8 Å².